The molecule has 0 N–H and O–H groups in total. The van der Waals surface area contributed by atoms with Crippen molar-refractivity contribution in [2.24, 2.45) is 0 Å². The maximum Gasteiger partial charge on any atom is 0.165 e. The molecule has 0 atom stereocenters. The molecule has 0 aliphatic heterocycles. The molecule has 0 bridgehead atoms. The van der Waals surface area contributed by atoms with Gasteiger partial charge in [-0.2, -0.15) is 0 Å². The normalized spacial score (nSPS) is 9.93. The Morgan fingerprint density at radius 3 is 2.79 bits per heavy atom. The van der Waals surface area contributed by atoms with Crippen LogP contribution in [0.4, 0.5) is 4.39 Å². The molecule has 1 aromatic rings. The first-order chi connectivity index (χ1) is 6.69. The molecule has 0 fully saturated rings. The summed E-state index contributed by atoms with van der Waals surface area (Å²) in [5.74, 6) is -0.307. The number of ether oxygens (including phenoxy) is 1. The first-order valence-corrected chi connectivity index (χ1v) is 4.55. The second-order valence-electron chi connectivity index (χ2n) is 3.02. The van der Waals surface area contributed by atoms with E-state index >= 15 is 0 Å². The van der Waals surface area contributed by atoms with Gasteiger partial charge in [-0.3, -0.25) is 4.79 Å². The monoisotopic (exact) mass is 196 g/mol. The first-order valence-electron chi connectivity index (χ1n) is 4.55. The molecule has 2 nitrogen and oxygen atoms in total. The number of benzene rings is 1. The van der Waals surface area contributed by atoms with Crippen LogP contribution in [0.15, 0.2) is 18.2 Å². The number of carbonyl (C=O) groups excluding carboxylic acids is 1. The summed E-state index contributed by atoms with van der Waals surface area (Å²) in [7, 11) is 1.38. The maximum absolute atomic E-state index is 13.0. The van der Waals surface area contributed by atoms with Gasteiger partial charge in [0, 0.05) is 12.0 Å². The van der Waals surface area contributed by atoms with Crippen molar-refractivity contribution in [3.05, 3.63) is 29.6 Å². The van der Waals surface area contributed by atoms with E-state index in [4.69, 9.17) is 4.74 Å². The van der Waals surface area contributed by atoms with Crippen LogP contribution in [-0.2, 0) is 0 Å². The minimum Gasteiger partial charge on any atom is -0.494 e. The van der Waals surface area contributed by atoms with Crippen LogP contribution >= 0.6 is 0 Å². The summed E-state index contributed by atoms with van der Waals surface area (Å²) in [6, 6.07) is 4.17. The zero-order valence-electron chi connectivity index (χ0n) is 8.34. The predicted octanol–water partition coefficient (Wildman–Crippen LogP) is 2.82. The van der Waals surface area contributed by atoms with Crippen LogP contribution in [-0.4, -0.2) is 12.9 Å². The van der Waals surface area contributed by atoms with Crippen LogP contribution in [0.2, 0.25) is 0 Å². The highest BCUT2D eigenvalue weighted by atomic mass is 19.1. The van der Waals surface area contributed by atoms with E-state index in [1.165, 1.54) is 25.3 Å². The lowest BCUT2D eigenvalue weighted by molar-refractivity contribution is 0.0981. The van der Waals surface area contributed by atoms with Crippen LogP contribution in [0.5, 0.6) is 5.75 Å². The number of methoxy groups -OCH3 is 1. The number of halogens is 1. The Morgan fingerprint density at radius 1 is 1.50 bits per heavy atom. The van der Waals surface area contributed by atoms with Crippen molar-refractivity contribution >= 4 is 5.78 Å². The first kappa shape index (κ1) is 10.7. The molecule has 0 heterocycles. The average molecular weight is 196 g/mol. The van der Waals surface area contributed by atoms with Crippen molar-refractivity contribution in [2.75, 3.05) is 7.11 Å². The molecule has 0 radical (unpaired) electrons. The van der Waals surface area contributed by atoms with Gasteiger partial charge in [0.1, 0.15) is 0 Å². The number of carbonyl (C=O) groups is 1. The fourth-order valence-electron chi connectivity index (χ4n) is 1.20. The molecular formula is C11H13FO2. The van der Waals surface area contributed by atoms with E-state index in [0.29, 0.717) is 12.0 Å². The van der Waals surface area contributed by atoms with Crippen molar-refractivity contribution in [2.45, 2.75) is 19.8 Å². The van der Waals surface area contributed by atoms with Crippen molar-refractivity contribution < 1.29 is 13.9 Å². The van der Waals surface area contributed by atoms with Gasteiger partial charge in [0.2, 0.25) is 0 Å². The lowest BCUT2D eigenvalue weighted by Gasteiger charge is -2.04. The van der Waals surface area contributed by atoms with Gasteiger partial charge in [-0.05, 0) is 24.6 Å². The second-order valence-corrected chi connectivity index (χ2v) is 3.02. The second kappa shape index (κ2) is 4.74. The quantitative estimate of drug-likeness (QED) is 0.692. The van der Waals surface area contributed by atoms with Gasteiger partial charge in [-0.25, -0.2) is 4.39 Å². The molecule has 3 heteroatoms. The van der Waals surface area contributed by atoms with E-state index < -0.39 is 5.82 Å². The van der Waals surface area contributed by atoms with E-state index in [9.17, 15) is 9.18 Å². The number of rotatable bonds is 4. The maximum atomic E-state index is 13.0. The van der Waals surface area contributed by atoms with Crippen LogP contribution < -0.4 is 4.74 Å². The molecular weight excluding hydrogens is 183 g/mol. The largest absolute Gasteiger partial charge is 0.494 e. The van der Waals surface area contributed by atoms with Gasteiger partial charge >= 0.3 is 0 Å². The van der Waals surface area contributed by atoms with Crippen LogP contribution in [0.25, 0.3) is 0 Å². The third-order valence-corrected chi connectivity index (χ3v) is 1.95. The summed E-state index contributed by atoms with van der Waals surface area (Å²) < 4.78 is 17.8. The van der Waals surface area contributed by atoms with E-state index in [2.05, 4.69) is 0 Å². The van der Waals surface area contributed by atoms with E-state index in [0.717, 1.165) is 6.42 Å². The lowest BCUT2D eigenvalue weighted by atomic mass is 10.1. The minimum absolute atomic E-state index is 0.0193. The van der Waals surface area contributed by atoms with Crippen LogP contribution in [0, 0.1) is 5.82 Å². The fourth-order valence-corrected chi connectivity index (χ4v) is 1.20. The summed E-state index contributed by atoms with van der Waals surface area (Å²) in [6.07, 6.45) is 1.27. The summed E-state index contributed by atoms with van der Waals surface area (Å²) in [5, 5.41) is 0. The Labute approximate surface area is 82.7 Å². The average Bonchev–Trinajstić information content (AvgIpc) is 2.19. The SMILES string of the molecule is CCCC(=O)c1ccc(F)c(OC)c1. The van der Waals surface area contributed by atoms with Crippen molar-refractivity contribution in [3.8, 4) is 5.75 Å². The predicted molar refractivity (Wildman–Crippen MR) is 52.2 cm³/mol. The highest BCUT2D eigenvalue weighted by molar-refractivity contribution is 5.96. The zero-order valence-corrected chi connectivity index (χ0v) is 8.34. The molecule has 76 valence electrons. The minimum atomic E-state index is -0.444. The topological polar surface area (TPSA) is 26.3 Å². The molecule has 14 heavy (non-hydrogen) atoms. The smallest absolute Gasteiger partial charge is 0.165 e. The van der Waals surface area contributed by atoms with Gasteiger partial charge in [0.25, 0.3) is 0 Å². The van der Waals surface area contributed by atoms with E-state index in [1.807, 2.05) is 6.92 Å². The Bertz CT molecular complexity index is 334. The molecule has 0 saturated heterocycles. The fraction of sp³-hybridized carbons (Fsp3) is 0.364. The van der Waals surface area contributed by atoms with Crippen LogP contribution in [0.1, 0.15) is 30.1 Å². The van der Waals surface area contributed by atoms with Crippen molar-refractivity contribution in [1.29, 1.82) is 0 Å². The highest BCUT2D eigenvalue weighted by Crippen LogP contribution is 2.19. The van der Waals surface area contributed by atoms with Gasteiger partial charge < -0.3 is 4.74 Å². The molecule has 0 aliphatic carbocycles. The summed E-state index contributed by atoms with van der Waals surface area (Å²) in [6.45, 7) is 1.93. The van der Waals surface area contributed by atoms with Gasteiger partial charge in [0.15, 0.2) is 17.3 Å². The molecule has 0 unspecified atom stereocenters. The Hall–Kier alpha value is -1.38. The van der Waals surface area contributed by atoms with Gasteiger partial charge in [0.05, 0.1) is 7.11 Å². The number of hydrogen-bond acceptors (Lipinski definition) is 2. The summed E-state index contributed by atoms with van der Waals surface area (Å²) in [4.78, 5) is 11.4. The number of hydrogen-bond donors (Lipinski definition) is 0. The number of ketones is 1. The Balaban J connectivity index is 2.94. The van der Waals surface area contributed by atoms with E-state index in [-0.39, 0.29) is 11.5 Å². The standard InChI is InChI=1S/C11H13FO2/c1-3-4-10(13)8-5-6-9(12)11(7-8)14-2/h5-7H,3-4H2,1-2H3. The molecule has 0 spiro atoms. The molecule has 0 aromatic heterocycles. The third kappa shape index (κ3) is 2.31. The Morgan fingerprint density at radius 2 is 2.21 bits per heavy atom. The Kier molecular flexibility index (Phi) is 3.63. The van der Waals surface area contributed by atoms with E-state index in [1.54, 1.807) is 0 Å². The van der Waals surface area contributed by atoms with Crippen molar-refractivity contribution in [3.63, 3.8) is 0 Å². The summed E-state index contributed by atoms with van der Waals surface area (Å²) >= 11 is 0. The van der Waals surface area contributed by atoms with Crippen LogP contribution in [0.3, 0.4) is 0 Å². The summed E-state index contributed by atoms with van der Waals surface area (Å²) in [5.41, 5.74) is 0.505. The van der Waals surface area contributed by atoms with Gasteiger partial charge in [-0.1, -0.05) is 6.92 Å². The van der Waals surface area contributed by atoms with Gasteiger partial charge in [-0.15, -0.1) is 0 Å². The number of Topliss-reactive ketones (excluding diaryl/α,β-unsaturated/α-hetero) is 1. The van der Waals surface area contributed by atoms with Crippen molar-refractivity contribution in [1.82, 2.24) is 0 Å². The third-order valence-electron chi connectivity index (χ3n) is 1.95. The molecule has 1 rings (SSSR count). The molecule has 0 saturated carbocycles. The molecule has 0 aliphatic rings. The molecule has 0 amide bonds. The highest BCUT2D eigenvalue weighted by Gasteiger charge is 2.08. The molecule has 1 aromatic carbocycles. The zero-order chi connectivity index (χ0) is 10.6. The lowest BCUT2D eigenvalue weighted by Crippen LogP contribution is -1.99.